The van der Waals surface area contributed by atoms with Crippen LogP contribution in [-0.4, -0.2) is 113 Å². The van der Waals surface area contributed by atoms with Gasteiger partial charge in [0, 0.05) is 39.3 Å². The molecule has 0 aromatic heterocycles. The minimum absolute atomic E-state index is 0.0860. The molecule has 0 rings (SSSR count). The first-order valence-corrected chi connectivity index (χ1v) is 9.66. The Labute approximate surface area is 166 Å². The van der Waals surface area contributed by atoms with E-state index in [-0.39, 0.29) is 19.6 Å². The second-order valence-corrected chi connectivity index (χ2v) is 7.33. The van der Waals surface area contributed by atoms with Crippen molar-refractivity contribution in [3.63, 3.8) is 0 Å². The molecule has 0 saturated carbocycles. The minimum atomic E-state index is -0.979. The number of hydrogen-bond donors (Lipinski definition) is 4. The molecule has 10 heteroatoms. The van der Waals surface area contributed by atoms with Crippen LogP contribution in [0.15, 0.2) is 0 Å². The molecule has 10 nitrogen and oxygen atoms in total. The molecule has 28 heavy (non-hydrogen) atoms. The van der Waals surface area contributed by atoms with Crippen LogP contribution in [-0.2, 0) is 14.4 Å². The van der Waals surface area contributed by atoms with Crippen molar-refractivity contribution in [2.45, 2.75) is 26.7 Å². The largest absolute Gasteiger partial charge is 0.480 e. The van der Waals surface area contributed by atoms with Crippen molar-refractivity contribution in [2.75, 3.05) is 65.4 Å². The average molecular weight is 405 g/mol. The van der Waals surface area contributed by atoms with Gasteiger partial charge in [-0.1, -0.05) is 13.8 Å². The SMILES string of the molecule is CC(C)CCCN(CCN(CCN(CCN)CC(=O)O)CC(=O)O)CC(=O)O. The van der Waals surface area contributed by atoms with E-state index in [1.165, 1.54) is 0 Å². The van der Waals surface area contributed by atoms with Crippen LogP contribution >= 0.6 is 0 Å². The minimum Gasteiger partial charge on any atom is -0.480 e. The molecule has 0 amide bonds. The molecule has 0 saturated heterocycles. The molecule has 0 aliphatic carbocycles. The molecule has 0 radical (unpaired) electrons. The Hall–Kier alpha value is -1.75. The first-order chi connectivity index (χ1) is 13.1. The number of aliphatic carboxylic acids is 3. The fourth-order valence-electron chi connectivity index (χ4n) is 2.86. The quantitative estimate of drug-likeness (QED) is 0.236. The van der Waals surface area contributed by atoms with Crippen molar-refractivity contribution < 1.29 is 29.7 Å². The van der Waals surface area contributed by atoms with E-state index in [0.717, 1.165) is 12.8 Å². The summed E-state index contributed by atoms with van der Waals surface area (Å²) in [6.07, 6.45) is 1.88. The summed E-state index contributed by atoms with van der Waals surface area (Å²) in [6.45, 7) is 6.74. The van der Waals surface area contributed by atoms with Gasteiger partial charge in [-0.15, -0.1) is 0 Å². The highest BCUT2D eigenvalue weighted by molar-refractivity contribution is 5.69. The molecular weight excluding hydrogens is 368 g/mol. The number of carboxylic acids is 3. The maximum atomic E-state index is 11.2. The van der Waals surface area contributed by atoms with Crippen molar-refractivity contribution in [1.29, 1.82) is 0 Å². The zero-order valence-electron chi connectivity index (χ0n) is 17.0. The van der Waals surface area contributed by atoms with Crippen molar-refractivity contribution in [1.82, 2.24) is 14.7 Å². The van der Waals surface area contributed by atoms with Crippen molar-refractivity contribution in [3.8, 4) is 0 Å². The van der Waals surface area contributed by atoms with Crippen molar-refractivity contribution >= 4 is 17.9 Å². The summed E-state index contributed by atoms with van der Waals surface area (Å²) in [5.74, 6) is -2.31. The highest BCUT2D eigenvalue weighted by Gasteiger charge is 2.16. The van der Waals surface area contributed by atoms with Crippen LogP contribution in [0.1, 0.15) is 26.7 Å². The van der Waals surface area contributed by atoms with Gasteiger partial charge in [0.2, 0.25) is 0 Å². The van der Waals surface area contributed by atoms with Crippen LogP contribution in [0, 0.1) is 5.92 Å². The average Bonchev–Trinajstić information content (AvgIpc) is 2.55. The van der Waals surface area contributed by atoms with Crippen molar-refractivity contribution in [3.05, 3.63) is 0 Å². The second kappa shape index (κ2) is 15.2. The van der Waals surface area contributed by atoms with Gasteiger partial charge in [0.25, 0.3) is 0 Å². The molecule has 0 atom stereocenters. The van der Waals surface area contributed by atoms with Crippen LogP contribution in [0.3, 0.4) is 0 Å². The highest BCUT2D eigenvalue weighted by atomic mass is 16.4. The smallest absolute Gasteiger partial charge is 0.317 e. The molecule has 0 heterocycles. The predicted molar refractivity (Wildman–Crippen MR) is 105 cm³/mol. The van der Waals surface area contributed by atoms with Crippen LogP contribution in [0.5, 0.6) is 0 Å². The lowest BCUT2D eigenvalue weighted by atomic mass is 10.1. The van der Waals surface area contributed by atoms with Gasteiger partial charge in [-0.25, -0.2) is 0 Å². The van der Waals surface area contributed by atoms with E-state index < -0.39 is 17.9 Å². The van der Waals surface area contributed by atoms with Gasteiger partial charge in [-0.3, -0.25) is 29.1 Å². The first-order valence-electron chi connectivity index (χ1n) is 9.66. The van der Waals surface area contributed by atoms with Crippen LogP contribution in [0.4, 0.5) is 0 Å². The van der Waals surface area contributed by atoms with E-state index in [0.29, 0.717) is 51.7 Å². The van der Waals surface area contributed by atoms with E-state index in [9.17, 15) is 14.4 Å². The Morgan fingerprint density at radius 2 is 1.07 bits per heavy atom. The van der Waals surface area contributed by atoms with E-state index >= 15 is 0 Å². The predicted octanol–water partition coefficient (Wildman–Crippen LogP) is -0.459. The molecule has 164 valence electrons. The molecule has 0 bridgehead atoms. The summed E-state index contributed by atoms with van der Waals surface area (Å²) < 4.78 is 0. The Morgan fingerprint density at radius 3 is 1.39 bits per heavy atom. The maximum absolute atomic E-state index is 11.2. The molecule has 0 aromatic rings. The lowest BCUT2D eigenvalue weighted by Crippen LogP contribution is -2.44. The summed E-state index contributed by atoms with van der Waals surface area (Å²) in [4.78, 5) is 38.3. The first kappa shape index (κ1) is 26.2. The van der Waals surface area contributed by atoms with E-state index in [4.69, 9.17) is 21.1 Å². The number of rotatable bonds is 18. The zero-order chi connectivity index (χ0) is 21.5. The Balaban J connectivity index is 4.71. The third kappa shape index (κ3) is 15.3. The van der Waals surface area contributed by atoms with Gasteiger partial charge in [0.1, 0.15) is 0 Å². The molecule has 0 aliphatic rings. The summed E-state index contributed by atoms with van der Waals surface area (Å²) >= 11 is 0. The van der Waals surface area contributed by atoms with Gasteiger partial charge >= 0.3 is 17.9 Å². The Morgan fingerprint density at radius 1 is 0.714 bits per heavy atom. The van der Waals surface area contributed by atoms with E-state index in [1.54, 1.807) is 9.80 Å². The fourth-order valence-corrected chi connectivity index (χ4v) is 2.86. The van der Waals surface area contributed by atoms with Crippen LogP contribution in [0.25, 0.3) is 0 Å². The Kier molecular flexibility index (Phi) is 14.3. The Bertz CT molecular complexity index is 475. The molecular formula is C18H36N4O6. The van der Waals surface area contributed by atoms with Gasteiger partial charge in [0.15, 0.2) is 0 Å². The molecule has 5 N–H and O–H groups in total. The van der Waals surface area contributed by atoms with Gasteiger partial charge in [-0.05, 0) is 25.3 Å². The van der Waals surface area contributed by atoms with E-state index in [2.05, 4.69) is 13.8 Å². The summed E-state index contributed by atoms with van der Waals surface area (Å²) in [5.41, 5.74) is 5.50. The number of carbonyl (C=O) groups is 3. The number of nitrogens with zero attached hydrogens (tertiary/aromatic N) is 3. The number of carboxylic acid groups (broad SMARTS) is 3. The lowest BCUT2D eigenvalue weighted by molar-refractivity contribution is -0.140. The van der Waals surface area contributed by atoms with Crippen molar-refractivity contribution in [2.24, 2.45) is 11.7 Å². The molecule has 0 aliphatic heterocycles. The van der Waals surface area contributed by atoms with Gasteiger partial charge in [0.05, 0.1) is 19.6 Å². The highest BCUT2D eigenvalue weighted by Crippen LogP contribution is 2.05. The number of hydrogen-bond acceptors (Lipinski definition) is 7. The van der Waals surface area contributed by atoms with E-state index in [1.807, 2.05) is 4.90 Å². The fraction of sp³-hybridized carbons (Fsp3) is 0.833. The number of nitrogens with two attached hydrogens (primary N) is 1. The lowest BCUT2D eigenvalue weighted by Gasteiger charge is -2.28. The molecule has 0 unspecified atom stereocenters. The summed E-state index contributed by atoms with van der Waals surface area (Å²) in [7, 11) is 0. The van der Waals surface area contributed by atoms with Crippen LogP contribution < -0.4 is 5.73 Å². The summed E-state index contributed by atoms with van der Waals surface area (Å²) in [5, 5.41) is 27.2. The third-order valence-electron chi connectivity index (χ3n) is 4.24. The normalized spacial score (nSPS) is 11.7. The van der Waals surface area contributed by atoms with Crippen LogP contribution in [0.2, 0.25) is 0 Å². The molecule has 0 spiro atoms. The standard InChI is InChI=1S/C18H36N4O6/c1-15(2)4-3-6-20(12-16(23)24)8-10-22(14-18(27)28)11-9-21(7-5-19)13-17(25)26/h15H,3-14,19H2,1-2H3,(H,23,24)(H,25,26)(H,27,28). The molecule has 0 fully saturated rings. The third-order valence-corrected chi connectivity index (χ3v) is 4.24. The topological polar surface area (TPSA) is 148 Å². The zero-order valence-corrected chi connectivity index (χ0v) is 17.0. The van der Waals surface area contributed by atoms with Gasteiger partial charge in [-0.2, -0.15) is 0 Å². The molecule has 0 aromatic carbocycles. The summed E-state index contributed by atoms with van der Waals surface area (Å²) in [6, 6.07) is 0. The van der Waals surface area contributed by atoms with Gasteiger partial charge < -0.3 is 21.1 Å². The monoisotopic (exact) mass is 404 g/mol. The second-order valence-electron chi connectivity index (χ2n) is 7.33. The maximum Gasteiger partial charge on any atom is 0.317 e.